The van der Waals surface area contributed by atoms with E-state index in [1.54, 1.807) is 7.11 Å². The van der Waals surface area contributed by atoms with Crippen LogP contribution in [0, 0.1) is 5.92 Å². The number of rotatable bonds is 5. The van der Waals surface area contributed by atoms with Gasteiger partial charge in [-0.15, -0.1) is 0 Å². The molecule has 1 saturated heterocycles. The van der Waals surface area contributed by atoms with Gasteiger partial charge in [-0.05, 0) is 55.8 Å². The second-order valence-electron chi connectivity index (χ2n) is 5.94. The number of ether oxygens (including phenoxy) is 1. The summed E-state index contributed by atoms with van der Waals surface area (Å²) in [6.45, 7) is 5.79. The van der Waals surface area contributed by atoms with Crippen LogP contribution in [-0.2, 0) is 6.42 Å². The van der Waals surface area contributed by atoms with Gasteiger partial charge in [0.15, 0.2) is 0 Å². The van der Waals surface area contributed by atoms with E-state index in [-0.39, 0.29) is 0 Å². The summed E-state index contributed by atoms with van der Waals surface area (Å²) in [5.74, 6) is 1.70. The molecule has 0 aromatic heterocycles. The van der Waals surface area contributed by atoms with Gasteiger partial charge < -0.3 is 10.1 Å². The molecular weight excluding hydrogens is 222 g/mol. The Balaban J connectivity index is 2.12. The van der Waals surface area contributed by atoms with E-state index >= 15 is 0 Å². The molecule has 1 aromatic rings. The van der Waals surface area contributed by atoms with Crippen LogP contribution >= 0.6 is 0 Å². The van der Waals surface area contributed by atoms with Crippen LogP contribution < -0.4 is 10.1 Å². The molecule has 0 amide bonds. The second kappa shape index (κ2) is 5.75. The van der Waals surface area contributed by atoms with Crippen molar-refractivity contribution in [3.63, 3.8) is 0 Å². The van der Waals surface area contributed by atoms with Crippen molar-refractivity contribution in [3.05, 3.63) is 29.8 Å². The first-order valence-electron chi connectivity index (χ1n) is 7.01. The molecule has 0 radical (unpaired) electrons. The first-order valence-corrected chi connectivity index (χ1v) is 7.01. The van der Waals surface area contributed by atoms with Crippen molar-refractivity contribution < 1.29 is 4.74 Å². The number of hydrogen-bond acceptors (Lipinski definition) is 2. The Hall–Kier alpha value is -1.02. The van der Waals surface area contributed by atoms with E-state index in [0.29, 0.717) is 5.54 Å². The van der Waals surface area contributed by atoms with E-state index < -0.39 is 0 Å². The van der Waals surface area contributed by atoms with Crippen molar-refractivity contribution in [1.82, 2.24) is 5.32 Å². The summed E-state index contributed by atoms with van der Waals surface area (Å²) >= 11 is 0. The first-order chi connectivity index (χ1) is 8.63. The molecule has 2 nitrogen and oxygen atoms in total. The maximum atomic E-state index is 5.31. The summed E-state index contributed by atoms with van der Waals surface area (Å²) in [5, 5.41) is 3.75. The quantitative estimate of drug-likeness (QED) is 0.861. The van der Waals surface area contributed by atoms with Gasteiger partial charge in [-0.25, -0.2) is 0 Å². The molecule has 1 atom stereocenters. The van der Waals surface area contributed by atoms with E-state index in [9.17, 15) is 0 Å². The molecule has 18 heavy (non-hydrogen) atoms. The average molecular weight is 247 g/mol. The first kappa shape index (κ1) is 13.4. The normalized spacial score (nSPS) is 23.6. The molecule has 1 aromatic carbocycles. The van der Waals surface area contributed by atoms with Gasteiger partial charge in [0.25, 0.3) is 0 Å². The molecular formula is C16H25NO. The third-order valence-electron chi connectivity index (χ3n) is 3.81. The maximum Gasteiger partial charge on any atom is 0.119 e. The van der Waals surface area contributed by atoms with Crippen LogP contribution in [0.15, 0.2) is 24.3 Å². The Morgan fingerprint density at radius 3 is 2.83 bits per heavy atom. The number of nitrogens with one attached hydrogen (secondary N) is 1. The Morgan fingerprint density at radius 2 is 2.22 bits per heavy atom. The molecule has 0 saturated carbocycles. The van der Waals surface area contributed by atoms with Gasteiger partial charge in [-0.1, -0.05) is 26.0 Å². The zero-order chi connectivity index (χ0) is 13.0. The number of hydrogen-bond donors (Lipinski definition) is 1. The van der Waals surface area contributed by atoms with E-state index in [1.807, 2.05) is 6.07 Å². The van der Waals surface area contributed by atoms with Crippen LogP contribution in [0.1, 0.15) is 38.7 Å². The fourth-order valence-electron chi connectivity index (χ4n) is 3.22. The van der Waals surface area contributed by atoms with Gasteiger partial charge in [0.05, 0.1) is 7.11 Å². The summed E-state index contributed by atoms with van der Waals surface area (Å²) in [7, 11) is 1.73. The lowest BCUT2D eigenvalue weighted by atomic mass is 9.82. The Kier molecular flexibility index (Phi) is 4.28. The van der Waals surface area contributed by atoms with Gasteiger partial charge in [-0.2, -0.15) is 0 Å². The summed E-state index contributed by atoms with van der Waals surface area (Å²) in [6, 6.07) is 8.49. The molecule has 100 valence electrons. The average Bonchev–Trinajstić information content (AvgIpc) is 2.76. The Bertz CT molecular complexity index is 380. The monoisotopic (exact) mass is 247 g/mol. The van der Waals surface area contributed by atoms with Crippen LogP contribution in [0.25, 0.3) is 0 Å². The predicted octanol–water partition coefficient (Wildman–Crippen LogP) is 3.41. The summed E-state index contributed by atoms with van der Waals surface area (Å²) in [5.41, 5.74) is 1.69. The highest BCUT2D eigenvalue weighted by molar-refractivity contribution is 5.30. The fourth-order valence-corrected chi connectivity index (χ4v) is 3.22. The van der Waals surface area contributed by atoms with Crippen LogP contribution in [0.5, 0.6) is 5.75 Å². The zero-order valence-corrected chi connectivity index (χ0v) is 11.8. The van der Waals surface area contributed by atoms with E-state index in [0.717, 1.165) is 24.6 Å². The van der Waals surface area contributed by atoms with Crippen molar-refractivity contribution in [2.75, 3.05) is 13.7 Å². The van der Waals surface area contributed by atoms with Crippen molar-refractivity contribution >= 4 is 0 Å². The molecule has 1 aliphatic heterocycles. The Morgan fingerprint density at radius 1 is 1.39 bits per heavy atom. The highest BCUT2D eigenvalue weighted by Crippen LogP contribution is 2.31. The molecule has 1 aliphatic rings. The van der Waals surface area contributed by atoms with Crippen LogP contribution in [0.3, 0.4) is 0 Å². The molecule has 0 spiro atoms. The smallest absolute Gasteiger partial charge is 0.119 e. The van der Waals surface area contributed by atoms with E-state index in [1.165, 1.54) is 24.8 Å². The van der Waals surface area contributed by atoms with Gasteiger partial charge in [0, 0.05) is 5.54 Å². The van der Waals surface area contributed by atoms with Gasteiger partial charge in [0.2, 0.25) is 0 Å². The fraction of sp³-hybridized carbons (Fsp3) is 0.625. The van der Waals surface area contributed by atoms with Crippen LogP contribution in [-0.4, -0.2) is 19.2 Å². The van der Waals surface area contributed by atoms with Gasteiger partial charge >= 0.3 is 0 Å². The zero-order valence-electron chi connectivity index (χ0n) is 11.8. The predicted molar refractivity (Wildman–Crippen MR) is 76.1 cm³/mol. The molecule has 1 unspecified atom stereocenters. The van der Waals surface area contributed by atoms with E-state index in [4.69, 9.17) is 4.74 Å². The van der Waals surface area contributed by atoms with Crippen molar-refractivity contribution in [2.24, 2.45) is 5.92 Å². The maximum absolute atomic E-state index is 5.31. The van der Waals surface area contributed by atoms with Crippen molar-refractivity contribution in [2.45, 2.75) is 45.1 Å². The number of benzene rings is 1. The Labute approximate surface area is 111 Å². The van der Waals surface area contributed by atoms with Crippen LogP contribution in [0.4, 0.5) is 0 Å². The standard InChI is InChI=1S/C16H25NO/c1-13(2)11-16(8-5-9-17-16)12-14-6-4-7-15(10-14)18-3/h4,6-7,10,13,17H,5,8-9,11-12H2,1-3H3. The second-order valence-corrected chi connectivity index (χ2v) is 5.94. The topological polar surface area (TPSA) is 21.3 Å². The van der Waals surface area contributed by atoms with Gasteiger partial charge in [-0.3, -0.25) is 0 Å². The lowest BCUT2D eigenvalue weighted by Gasteiger charge is -2.32. The summed E-state index contributed by atoms with van der Waals surface area (Å²) in [4.78, 5) is 0. The molecule has 1 N–H and O–H groups in total. The molecule has 2 rings (SSSR count). The van der Waals surface area contributed by atoms with Crippen molar-refractivity contribution in [3.8, 4) is 5.75 Å². The molecule has 0 bridgehead atoms. The SMILES string of the molecule is COc1cccc(CC2(CC(C)C)CCCN2)c1. The minimum absolute atomic E-state index is 0.306. The van der Waals surface area contributed by atoms with Crippen LogP contribution in [0.2, 0.25) is 0 Å². The minimum Gasteiger partial charge on any atom is -0.497 e. The molecule has 0 aliphatic carbocycles. The lowest BCUT2D eigenvalue weighted by molar-refractivity contribution is 0.301. The van der Waals surface area contributed by atoms with Gasteiger partial charge in [0.1, 0.15) is 5.75 Å². The lowest BCUT2D eigenvalue weighted by Crippen LogP contribution is -2.43. The largest absolute Gasteiger partial charge is 0.497 e. The summed E-state index contributed by atoms with van der Waals surface area (Å²) in [6.07, 6.45) is 4.96. The molecule has 2 heteroatoms. The number of methoxy groups -OCH3 is 1. The molecule has 1 fully saturated rings. The van der Waals surface area contributed by atoms with Crippen molar-refractivity contribution in [1.29, 1.82) is 0 Å². The van der Waals surface area contributed by atoms with E-state index in [2.05, 4.69) is 37.4 Å². The third kappa shape index (κ3) is 3.26. The summed E-state index contributed by atoms with van der Waals surface area (Å²) < 4.78 is 5.31. The molecule has 1 heterocycles. The highest BCUT2D eigenvalue weighted by Gasteiger charge is 2.33. The highest BCUT2D eigenvalue weighted by atomic mass is 16.5. The third-order valence-corrected chi connectivity index (χ3v) is 3.81. The minimum atomic E-state index is 0.306.